The number of rotatable bonds is 4. The Morgan fingerprint density at radius 1 is 1.53 bits per heavy atom. The second-order valence-electron chi connectivity index (χ2n) is 4.83. The maximum atomic E-state index is 7.50. The van der Waals surface area contributed by atoms with Crippen molar-refractivity contribution < 1.29 is 0 Å². The molecule has 0 aromatic rings. The van der Waals surface area contributed by atoms with Crippen LogP contribution >= 0.6 is 0 Å². The fraction of sp³-hybridized carbons (Fsp3) is 0.750. The molecule has 0 amide bonds. The third-order valence-corrected chi connectivity index (χ3v) is 2.76. The van der Waals surface area contributed by atoms with Gasteiger partial charge in [0.2, 0.25) is 0 Å². The first kappa shape index (κ1) is 12.2. The highest BCUT2D eigenvalue weighted by Crippen LogP contribution is 2.12. The van der Waals surface area contributed by atoms with Gasteiger partial charge in [-0.1, -0.05) is 13.8 Å². The Kier molecular flexibility index (Phi) is 4.33. The van der Waals surface area contributed by atoms with Crippen LogP contribution in [-0.2, 0) is 0 Å². The zero-order chi connectivity index (χ0) is 11.4. The number of nitrogens with zero attached hydrogens (tertiary/aromatic N) is 1. The molecule has 15 heavy (non-hydrogen) atoms. The molecule has 3 nitrogen and oxygen atoms in total. The van der Waals surface area contributed by atoms with Crippen LogP contribution in [-0.4, -0.2) is 36.8 Å². The SMILES string of the molecule is CC(=N)/C=C(\NC1CCN(C)C1)C(C)C. The van der Waals surface area contributed by atoms with Gasteiger partial charge in [-0.2, -0.15) is 0 Å². The van der Waals surface area contributed by atoms with E-state index in [1.54, 1.807) is 0 Å². The minimum atomic E-state index is 0.469. The fourth-order valence-corrected chi connectivity index (χ4v) is 1.90. The third-order valence-electron chi connectivity index (χ3n) is 2.76. The van der Waals surface area contributed by atoms with Crippen LogP contribution < -0.4 is 5.32 Å². The molecule has 0 spiro atoms. The lowest BCUT2D eigenvalue weighted by atomic mass is 10.1. The van der Waals surface area contributed by atoms with Crippen molar-refractivity contribution in [3.63, 3.8) is 0 Å². The second kappa shape index (κ2) is 5.31. The van der Waals surface area contributed by atoms with Crippen molar-refractivity contribution >= 4 is 5.71 Å². The minimum Gasteiger partial charge on any atom is -0.384 e. The Hall–Kier alpha value is -0.830. The highest BCUT2D eigenvalue weighted by atomic mass is 15.2. The summed E-state index contributed by atoms with van der Waals surface area (Å²) in [5, 5.41) is 11.1. The van der Waals surface area contributed by atoms with Crippen LogP contribution in [0.3, 0.4) is 0 Å². The molecule has 1 unspecified atom stereocenters. The predicted octanol–water partition coefficient (Wildman–Crippen LogP) is 1.86. The highest BCUT2D eigenvalue weighted by Gasteiger charge is 2.20. The molecule has 86 valence electrons. The van der Waals surface area contributed by atoms with E-state index in [9.17, 15) is 0 Å². The topological polar surface area (TPSA) is 39.1 Å². The molecule has 0 aromatic heterocycles. The first-order valence-corrected chi connectivity index (χ1v) is 5.71. The molecule has 0 aliphatic carbocycles. The summed E-state index contributed by atoms with van der Waals surface area (Å²) in [4.78, 5) is 2.34. The van der Waals surface area contributed by atoms with E-state index in [0.717, 1.165) is 6.54 Å². The van der Waals surface area contributed by atoms with Crippen LogP contribution in [0.5, 0.6) is 0 Å². The van der Waals surface area contributed by atoms with Crippen LogP contribution in [0.4, 0.5) is 0 Å². The molecule has 0 bridgehead atoms. The van der Waals surface area contributed by atoms with Gasteiger partial charge in [-0.15, -0.1) is 0 Å². The average molecular weight is 209 g/mol. The first-order valence-electron chi connectivity index (χ1n) is 5.71. The van der Waals surface area contributed by atoms with Gasteiger partial charge in [-0.25, -0.2) is 0 Å². The Bertz CT molecular complexity index is 256. The zero-order valence-electron chi connectivity index (χ0n) is 10.3. The van der Waals surface area contributed by atoms with Crippen LogP contribution in [0.2, 0.25) is 0 Å². The average Bonchev–Trinajstić information content (AvgIpc) is 2.49. The molecule has 1 fully saturated rings. The quantitative estimate of drug-likeness (QED) is 0.694. The minimum absolute atomic E-state index is 0.469. The lowest BCUT2D eigenvalue weighted by Gasteiger charge is -2.20. The summed E-state index contributed by atoms with van der Waals surface area (Å²) < 4.78 is 0. The lowest BCUT2D eigenvalue weighted by Crippen LogP contribution is -2.32. The summed E-state index contributed by atoms with van der Waals surface area (Å²) in [5.41, 5.74) is 1.82. The number of hydrogen-bond donors (Lipinski definition) is 2. The van der Waals surface area contributed by atoms with E-state index < -0.39 is 0 Å². The summed E-state index contributed by atoms with van der Waals surface area (Å²) in [6.07, 6.45) is 3.15. The number of likely N-dealkylation sites (N-methyl/N-ethyl adjacent to an activating group) is 1. The van der Waals surface area contributed by atoms with Crippen LogP contribution in [0.1, 0.15) is 27.2 Å². The highest BCUT2D eigenvalue weighted by molar-refractivity contribution is 5.90. The molecule has 1 aliphatic rings. The van der Waals surface area contributed by atoms with Crippen molar-refractivity contribution in [2.75, 3.05) is 20.1 Å². The monoisotopic (exact) mass is 209 g/mol. The van der Waals surface area contributed by atoms with E-state index >= 15 is 0 Å². The molecule has 0 aromatic carbocycles. The standard InChI is InChI=1S/C12H23N3/c1-9(2)12(7-10(3)13)14-11-5-6-15(4)8-11/h7,9,11,13-14H,5-6,8H2,1-4H3/b12-7-,13-10?. The number of likely N-dealkylation sites (tertiary alicyclic amines) is 1. The number of nitrogens with one attached hydrogen (secondary N) is 2. The normalized spacial score (nSPS) is 23.5. The summed E-state index contributed by atoms with van der Waals surface area (Å²) in [7, 11) is 2.16. The van der Waals surface area contributed by atoms with Gasteiger partial charge in [0.15, 0.2) is 0 Å². The number of hydrogen-bond acceptors (Lipinski definition) is 3. The Morgan fingerprint density at radius 3 is 2.60 bits per heavy atom. The Labute approximate surface area is 93.1 Å². The molecule has 3 heteroatoms. The Morgan fingerprint density at radius 2 is 2.20 bits per heavy atom. The third kappa shape index (κ3) is 4.04. The molecule has 0 radical (unpaired) electrons. The van der Waals surface area contributed by atoms with Gasteiger partial charge in [0.1, 0.15) is 0 Å². The van der Waals surface area contributed by atoms with Crippen LogP contribution in [0.15, 0.2) is 11.8 Å². The number of allylic oxidation sites excluding steroid dienone is 2. The van der Waals surface area contributed by atoms with Gasteiger partial charge in [-0.05, 0) is 38.9 Å². The molecular weight excluding hydrogens is 186 g/mol. The van der Waals surface area contributed by atoms with Crippen LogP contribution in [0.25, 0.3) is 0 Å². The van der Waals surface area contributed by atoms with E-state index in [1.807, 2.05) is 13.0 Å². The molecule has 1 heterocycles. The van der Waals surface area contributed by atoms with Crippen molar-refractivity contribution in [1.82, 2.24) is 10.2 Å². The zero-order valence-corrected chi connectivity index (χ0v) is 10.3. The molecule has 1 atom stereocenters. The Balaban J connectivity index is 2.55. The summed E-state index contributed by atoms with van der Waals surface area (Å²) >= 11 is 0. The summed E-state index contributed by atoms with van der Waals surface area (Å²) in [6, 6.07) is 0.558. The van der Waals surface area contributed by atoms with Gasteiger partial charge in [0.05, 0.1) is 0 Å². The van der Waals surface area contributed by atoms with Gasteiger partial charge in [-0.3, -0.25) is 0 Å². The molecule has 0 saturated carbocycles. The largest absolute Gasteiger partial charge is 0.384 e. The predicted molar refractivity (Wildman–Crippen MR) is 65.4 cm³/mol. The van der Waals surface area contributed by atoms with Gasteiger partial charge in [0, 0.05) is 24.0 Å². The van der Waals surface area contributed by atoms with Crippen LogP contribution in [0, 0.1) is 11.3 Å². The van der Waals surface area contributed by atoms with E-state index in [-0.39, 0.29) is 0 Å². The van der Waals surface area contributed by atoms with E-state index in [2.05, 4.69) is 31.1 Å². The fourth-order valence-electron chi connectivity index (χ4n) is 1.90. The van der Waals surface area contributed by atoms with E-state index in [4.69, 9.17) is 5.41 Å². The molecule has 1 rings (SSSR count). The van der Waals surface area contributed by atoms with E-state index in [0.29, 0.717) is 17.7 Å². The lowest BCUT2D eigenvalue weighted by molar-refractivity contribution is 0.401. The van der Waals surface area contributed by atoms with Crippen molar-refractivity contribution in [2.24, 2.45) is 5.92 Å². The smallest absolute Gasteiger partial charge is 0.0397 e. The summed E-state index contributed by atoms with van der Waals surface area (Å²) in [5.74, 6) is 0.469. The molecule has 1 saturated heterocycles. The molecular formula is C12H23N3. The van der Waals surface area contributed by atoms with Crippen molar-refractivity contribution in [3.05, 3.63) is 11.8 Å². The van der Waals surface area contributed by atoms with Crippen molar-refractivity contribution in [2.45, 2.75) is 33.2 Å². The van der Waals surface area contributed by atoms with Crippen molar-refractivity contribution in [3.8, 4) is 0 Å². The first-order chi connectivity index (χ1) is 6.99. The van der Waals surface area contributed by atoms with Gasteiger partial charge in [0.25, 0.3) is 0 Å². The van der Waals surface area contributed by atoms with E-state index in [1.165, 1.54) is 18.7 Å². The van der Waals surface area contributed by atoms with Gasteiger partial charge >= 0.3 is 0 Å². The maximum absolute atomic E-state index is 7.50. The maximum Gasteiger partial charge on any atom is 0.0397 e. The second-order valence-corrected chi connectivity index (χ2v) is 4.83. The van der Waals surface area contributed by atoms with Crippen molar-refractivity contribution in [1.29, 1.82) is 5.41 Å². The van der Waals surface area contributed by atoms with Gasteiger partial charge < -0.3 is 15.6 Å². The summed E-state index contributed by atoms with van der Waals surface area (Å²) in [6.45, 7) is 8.44. The molecule has 2 N–H and O–H groups in total. The molecule has 1 aliphatic heterocycles.